The molecule has 1 aromatic carbocycles. The Morgan fingerprint density at radius 2 is 1.81 bits per heavy atom. The van der Waals surface area contributed by atoms with Crippen LogP contribution in [0, 0.1) is 11.8 Å². The molecular formula is C21H33N3O2. The first-order valence-corrected chi connectivity index (χ1v) is 10.1. The van der Waals surface area contributed by atoms with Crippen molar-refractivity contribution in [3.05, 3.63) is 35.9 Å². The van der Waals surface area contributed by atoms with Crippen LogP contribution < -0.4 is 11.1 Å². The Bertz CT molecular complexity index is 537. The highest BCUT2D eigenvalue weighted by Crippen LogP contribution is 2.21. The molecule has 0 radical (unpaired) electrons. The van der Waals surface area contributed by atoms with Gasteiger partial charge in [-0.2, -0.15) is 0 Å². The van der Waals surface area contributed by atoms with Crippen LogP contribution in [0.25, 0.3) is 0 Å². The van der Waals surface area contributed by atoms with E-state index in [-0.39, 0.29) is 5.91 Å². The van der Waals surface area contributed by atoms with E-state index in [4.69, 9.17) is 10.5 Å². The van der Waals surface area contributed by atoms with Crippen LogP contribution >= 0.6 is 0 Å². The van der Waals surface area contributed by atoms with Crippen molar-refractivity contribution in [1.82, 2.24) is 10.2 Å². The summed E-state index contributed by atoms with van der Waals surface area (Å²) < 4.78 is 5.45. The zero-order valence-corrected chi connectivity index (χ0v) is 15.7. The quantitative estimate of drug-likeness (QED) is 0.779. The van der Waals surface area contributed by atoms with Gasteiger partial charge in [0.2, 0.25) is 5.91 Å². The largest absolute Gasteiger partial charge is 0.381 e. The van der Waals surface area contributed by atoms with E-state index in [1.54, 1.807) is 0 Å². The van der Waals surface area contributed by atoms with Gasteiger partial charge in [0.05, 0.1) is 6.04 Å². The van der Waals surface area contributed by atoms with Crippen LogP contribution in [0.2, 0.25) is 0 Å². The van der Waals surface area contributed by atoms with E-state index in [2.05, 4.69) is 10.2 Å². The number of carbonyl (C=O) groups excluding carboxylic acids is 1. The van der Waals surface area contributed by atoms with Crippen LogP contribution in [0.5, 0.6) is 0 Å². The summed E-state index contributed by atoms with van der Waals surface area (Å²) in [5.41, 5.74) is 7.17. The smallest absolute Gasteiger partial charge is 0.237 e. The molecular weight excluding hydrogens is 326 g/mol. The number of hydrogen-bond acceptors (Lipinski definition) is 4. The molecule has 0 aromatic heterocycles. The van der Waals surface area contributed by atoms with Gasteiger partial charge in [-0.15, -0.1) is 0 Å². The number of likely N-dealkylation sites (tertiary alicyclic amines) is 1. The lowest BCUT2D eigenvalue weighted by Crippen LogP contribution is -2.45. The molecule has 5 nitrogen and oxygen atoms in total. The molecule has 3 rings (SSSR count). The third kappa shape index (κ3) is 6.08. The Kier molecular flexibility index (Phi) is 7.47. The second kappa shape index (κ2) is 10.0. The molecule has 0 saturated carbocycles. The van der Waals surface area contributed by atoms with Gasteiger partial charge in [0.25, 0.3) is 0 Å². The minimum atomic E-state index is -0.467. The van der Waals surface area contributed by atoms with Gasteiger partial charge in [-0.25, -0.2) is 0 Å². The molecule has 2 heterocycles. The zero-order chi connectivity index (χ0) is 18.2. The number of piperidine rings is 1. The molecule has 2 saturated heterocycles. The van der Waals surface area contributed by atoms with Gasteiger partial charge in [0.15, 0.2) is 0 Å². The molecule has 144 valence electrons. The van der Waals surface area contributed by atoms with E-state index in [9.17, 15) is 4.79 Å². The topological polar surface area (TPSA) is 67.6 Å². The average molecular weight is 360 g/mol. The van der Waals surface area contributed by atoms with Crippen LogP contribution in [0.1, 0.15) is 31.2 Å². The number of benzene rings is 1. The fourth-order valence-corrected chi connectivity index (χ4v) is 4.00. The van der Waals surface area contributed by atoms with E-state index < -0.39 is 6.04 Å². The van der Waals surface area contributed by atoms with Gasteiger partial charge >= 0.3 is 0 Å². The minimum Gasteiger partial charge on any atom is -0.381 e. The van der Waals surface area contributed by atoms with Gasteiger partial charge in [-0.1, -0.05) is 30.3 Å². The van der Waals surface area contributed by atoms with Gasteiger partial charge in [0, 0.05) is 26.3 Å². The van der Waals surface area contributed by atoms with Crippen molar-refractivity contribution in [1.29, 1.82) is 0 Å². The van der Waals surface area contributed by atoms with Crippen LogP contribution in [-0.2, 0) is 16.0 Å². The summed E-state index contributed by atoms with van der Waals surface area (Å²) in [6, 6.07) is 9.50. The highest BCUT2D eigenvalue weighted by atomic mass is 16.5. The van der Waals surface area contributed by atoms with Crippen molar-refractivity contribution in [3.8, 4) is 0 Å². The van der Waals surface area contributed by atoms with Gasteiger partial charge in [0.1, 0.15) is 0 Å². The van der Waals surface area contributed by atoms with E-state index >= 15 is 0 Å². The average Bonchev–Trinajstić information content (AvgIpc) is 2.69. The Labute approximate surface area is 157 Å². The van der Waals surface area contributed by atoms with E-state index in [0.717, 1.165) is 57.2 Å². The van der Waals surface area contributed by atoms with Gasteiger partial charge < -0.3 is 20.7 Å². The fourth-order valence-electron chi connectivity index (χ4n) is 4.00. The normalized spacial score (nSPS) is 21.4. The maximum absolute atomic E-state index is 12.3. The van der Waals surface area contributed by atoms with Crippen LogP contribution in [-0.4, -0.2) is 56.2 Å². The molecule has 0 bridgehead atoms. The summed E-state index contributed by atoms with van der Waals surface area (Å²) in [4.78, 5) is 14.9. The Morgan fingerprint density at radius 3 is 2.50 bits per heavy atom. The standard InChI is InChI=1S/C21H33N3O2/c22-20(14-17-4-2-1-3-5-17)21(25)23-15-18-6-10-24(11-7-18)16-19-8-12-26-13-9-19/h1-5,18-20H,6-16,22H2,(H,23,25). The summed E-state index contributed by atoms with van der Waals surface area (Å²) in [5.74, 6) is 1.35. The molecule has 0 aliphatic carbocycles. The molecule has 1 unspecified atom stereocenters. The number of nitrogens with two attached hydrogens (primary N) is 1. The molecule has 1 atom stereocenters. The first kappa shape index (κ1) is 19.3. The molecule has 0 spiro atoms. The summed E-state index contributed by atoms with van der Waals surface area (Å²) in [6.45, 7) is 6.12. The molecule has 1 amide bonds. The van der Waals surface area contributed by atoms with Crippen molar-refractivity contribution in [3.63, 3.8) is 0 Å². The number of carbonyl (C=O) groups is 1. The van der Waals surface area contributed by atoms with Crippen molar-refractivity contribution in [2.45, 2.75) is 38.1 Å². The van der Waals surface area contributed by atoms with Crippen molar-refractivity contribution in [2.75, 3.05) is 39.4 Å². The number of ether oxygens (including phenoxy) is 1. The Hall–Kier alpha value is -1.43. The number of nitrogens with zero attached hydrogens (tertiary/aromatic N) is 1. The van der Waals surface area contributed by atoms with Crippen LogP contribution in [0.15, 0.2) is 30.3 Å². The second-order valence-electron chi connectivity index (χ2n) is 7.84. The fraction of sp³-hybridized carbons (Fsp3) is 0.667. The van der Waals surface area contributed by atoms with Crippen molar-refractivity contribution in [2.24, 2.45) is 17.6 Å². The van der Waals surface area contributed by atoms with E-state index in [0.29, 0.717) is 12.3 Å². The lowest BCUT2D eigenvalue weighted by molar-refractivity contribution is -0.122. The number of hydrogen-bond donors (Lipinski definition) is 2. The third-order valence-electron chi connectivity index (χ3n) is 5.76. The summed E-state index contributed by atoms with van der Waals surface area (Å²) in [5, 5.41) is 3.07. The van der Waals surface area contributed by atoms with Crippen molar-refractivity contribution < 1.29 is 9.53 Å². The van der Waals surface area contributed by atoms with Crippen LogP contribution in [0.3, 0.4) is 0 Å². The molecule has 2 fully saturated rings. The third-order valence-corrected chi connectivity index (χ3v) is 5.76. The maximum atomic E-state index is 12.3. The lowest BCUT2D eigenvalue weighted by atomic mass is 9.94. The van der Waals surface area contributed by atoms with Gasteiger partial charge in [-0.3, -0.25) is 4.79 Å². The summed E-state index contributed by atoms with van der Waals surface area (Å²) >= 11 is 0. The molecule has 2 aliphatic rings. The Balaban J connectivity index is 1.32. The van der Waals surface area contributed by atoms with E-state index in [1.165, 1.54) is 19.4 Å². The molecule has 3 N–H and O–H groups in total. The minimum absolute atomic E-state index is 0.0292. The Morgan fingerprint density at radius 1 is 1.12 bits per heavy atom. The summed E-state index contributed by atoms with van der Waals surface area (Å²) in [6.07, 6.45) is 5.33. The highest BCUT2D eigenvalue weighted by Gasteiger charge is 2.24. The van der Waals surface area contributed by atoms with E-state index in [1.807, 2.05) is 30.3 Å². The SMILES string of the molecule is NC(Cc1ccccc1)C(=O)NCC1CCN(CC2CCOCC2)CC1. The second-order valence-corrected chi connectivity index (χ2v) is 7.84. The molecule has 1 aromatic rings. The maximum Gasteiger partial charge on any atom is 0.237 e. The summed E-state index contributed by atoms with van der Waals surface area (Å²) in [7, 11) is 0. The monoisotopic (exact) mass is 359 g/mol. The predicted octanol–water partition coefficient (Wildman–Crippen LogP) is 1.81. The highest BCUT2D eigenvalue weighted by molar-refractivity contribution is 5.81. The lowest BCUT2D eigenvalue weighted by Gasteiger charge is -2.35. The van der Waals surface area contributed by atoms with Gasteiger partial charge in [-0.05, 0) is 62.6 Å². The predicted molar refractivity (Wildman–Crippen MR) is 104 cm³/mol. The first-order chi connectivity index (χ1) is 12.7. The van der Waals surface area contributed by atoms with Crippen molar-refractivity contribution >= 4 is 5.91 Å². The molecule has 5 heteroatoms. The number of nitrogens with one attached hydrogen (secondary N) is 1. The molecule has 26 heavy (non-hydrogen) atoms. The zero-order valence-electron chi connectivity index (χ0n) is 15.7. The molecule has 2 aliphatic heterocycles. The van der Waals surface area contributed by atoms with Crippen LogP contribution in [0.4, 0.5) is 0 Å². The number of amides is 1. The number of rotatable bonds is 7. The first-order valence-electron chi connectivity index (χ1n) is 10.1.